The lowest BCUT2D eigenvalue weighted by Crippen LogP contribution is -2.54. The van der Waals surface area contributed by atoms with Gasteiger partial charge in [-0.3, -0.25) is 10.1 Å². The van der Waals surface area contributed by atoms with Gasteiger partial charge in [0.15, 0.2) is 0 Å². The second-order valence-corrected chi connectivity index (χ2v) is 9.32. The van der Waals surface area contributed by atoms with Gasteiger partial charge in [0.05, 0.1) is 18.7 Å². The van der Waals surface area contributed by atoms with Crippen molar-refractivity contribution in [1.82, 2.24) is 5.32 Å². The zero-order valence-electron chi connectivity index (χ0n) is 21.2. The van der Waals surface area contributed by atoms with E-state index in [0.29, 0.717) is 6.42 Å². The molecule has 4 nitrogen and oxygen atoms in total. The third-order valence-electron chi connectivity index (χ3n) is 7.11. The van der Waals surface area contributed by atoms with Crippen molar-refractivity contribution in [3.05, 3.63) is 138 Å². The van der Waals surface area contributed by atoms with E-state index in [2.05, 4.69) is 84.7 Å². The summed E-state index contributed by atoms with van der Waals surface area (Å²) < 4.78 is 11.2. The van der Waals surface area contributed by atoms with Crippen molar-refractivity contribution in [2.24, 2.45) is 0 Å². The third kappa shape index (κ3) is 4.56. The lowest BCUT2D eigenvalue weighted by atomic mass is 9.79. The molecule has 0 unspecified atom stereocenters. The molecule has 0 aromatic heterocycles. The number of fused-ring (bicyclic) bond motifs is 3. The van der Waals surface area contributed by atoms with Crippen LogP contribution in [-0.4, -0.2) is 25.2 Å². The lowest BCUT2D eigenvalue weighted by molar-refractivity contribution is -0.145. The largest absolute Gasteiger partial charge is 0.497 e. The van der Waals surface area contributed by atoms with Crippen LogP contribution in [0.5, 0.6) is 5.75 Å². The Kier molecular flexibility index (Phi) is 6.93. The normalized spacial score (nSPS) is 14.6. The van der Waals surface area contributed by atoms with Crippen LogP contribution in [0.25, 0.3) is 11.1 Å². The van der Waals surface area contributed by atoms with Crippen LogP contribution in [0.15, 0.2) is 116 Å². The smallest absolute Gasteiger partial charge is 0.303 e. The summed E-state index contributed by atoms with van der Waals surface area (Å²) in [6, 6.07) is 35.3. The second kappa shape index (κ2) is 10.5. The molecule has 186 valence electrons. The number of ether oxygens (including phenoxy) is 2. The first-order valence-electron chi connectivity index (χ1n) is 12.5. The van der Waals surface area contributed by atoms with Crippen molar-refractivity contribution in [3.63, 3.8) is 0 Å². The van der Waals surface area contributed by atoms with Gasteiger partial charge in [-0.1, -0.05) is 97.6 Å². The predicted octanol–water partition coefficient (Wildman–Crippen LogP) is 6.29. The van der Waals surface area contributed by atoms with E-state index < -0.39 is 11.6 Å². The van der Waals surface area contributed by atoms with Crippen LogP contribution in [0.3, 0.4) is 0 Å². The van der Waals surface area contributed by atoms with Gasteiger partial charge < -0.3 is 9.47 Å². The molecule has 4 heteroatoms. The Morgan fingerprint density at radius 3 is 1.97 bits per heavy atom. The molecule has 0 fully saturated rings. The maximum absolute atomic E-state index is 12.1. The summed E-state index contributed by atoms with van der Waals surface area (Å²) in [5.41, 5.74) is 6.31. The summed E-state index contributed by atoms with van der Waals surface area (Å²) >= 11 is 0. The van der Waals surface area contributed by atoms with E-state index in [1.165, 1.54) is 29.2 Å². The molecule has 1 N–H and O–H groups in total. The highest BCUT2D eigenvalue weighted by atomic mass is 16.5. The number of hydrogen-bond donors (Lipinski definition) is 1. The zero-order chi connectivity index (χ0) is 25.8. The van der Waals surface area contributed by atoms with Crippen LogP contribution in [0, 0.1) is 0 Å². The molecule has 1 aliphatic carbocycles. The van der Waals surface area contributed by atoms with E-state index in [0.717, 1.165) is 16.9 Å². The predicted molar refractivity (Wildman–Crippen MR) is 148 cm³/mol. The molecule has 0 saturated carbocycles. The molecule has 2 atom stereocenters. The number of benzene rings is 4. The molecule has 0 amide bonds. The molecule has 4 aromatic rings. The standard InChI is InChI=1S/C33H31NO3/c1-4-32(37-23(2)35)31(22-24-18-20-26(36-3)21-19-24)34-33(25-12-6-5-7-13-25)29-16-10-8-14-27(29)28-15-9-11-17-30(28)33/h4-21,31-32,34H,1,22H2,2-3H3/t31-,32-/m1/s1. The number of rotatable bonds is 9. The second-order valence-electron chi connectivity index (χ2n) is 9.32. The Hall–Kier alpha value is -4.15. The van der Waals surface area contributed by atoms with Crippen LogP contribution in [0.2, 0.25) is 0 Å². The number of methoxy groups -OCH3 is 1. The molecule has 5 rings (SSSR count). The molecular weight excluding hydrogens is 458 g/mol. The summed E-state index contributed by atoms with van der Waals surface area (Å²) in [6.45, 7) is 5.46. The highest BCUT2D eigenvalue weighted by molar-refractivity contribution is 5.83. The van der Waals surface area contributed by atoms with Crippen molar-refractivity contribution in [2.75, 3.05) is 7.11 Å². The van der Waals surface area contributed by atoms with Crippen molar-refractivity contribution in [3.8, 4) is 16.9 Å². The van der Waals surface area contributed by atoms with E-state index in [1.807, 2.05) is 30.3 Å². The van der Waals surface area contributed by atoms with Crippen molar-refractivity contribution >= 4 is 5.97 Å². The number of carbonyl (C=O) groups is 1. The fraction of sp³-hybridized carbons (Fsp3) is 0.182. The quantitative estimate of drug-likeness (QED) is 0.222. The minimum absolute atomic E-state index is 0.269. The minimum Gasteiger partial charge on any atom is -0.497 e. The van der Waals surface area contributed by atoms with E-state index in [4.69, 9.17) is 9.47 Å². The maximum Gasteiger partial charge on any atom is 0.303 e. The van der Waals surface area contributed by atoms with Crippen LogP contribution < -0.4 is 10.1 Å². The Morgan fingerprint density at radius 1 is 0.865 bits per heavy atom. The number of carbonyl (C=O) groups excluding carboxylic acids is 1. The highest BCUT2D eigenvalue weighted by Crippen LogP contribution is 2.51. The van der Waals surface area contributed by atoms with Crippen LogP contribution in [-0.2, 0) is 21.5 Å². The molecule has 0 heterocycles. The van der Waals surface area contributed by atoms with Gasteiger partial charge in [-0.2, -0.15) is 0 Å². The van der Waals surface area contributed by atoms with E-state index in [9.17, 15) is 4.79 Å². The maximum atomic E-state index is 12.1. The summed E-state index contributed by atoms with van der Waals surface area (Å²) in [5.74, 6) is 0.459. The fourth-order valence-electron chi connectivity index (χ4n) is 5.50. The highest BCUT2D eigenvalue weighted by Gasteiger charge is 2.46. The third-order valence-corrected chi connectivity index (χ3v) is 7.11. The molecule has 1 aliphatic rings. The first-order valence-corrected chi connectivity index (χ1v) is 12.5. The first kappa shape index (κ1) is 24.5. The van der Waals surface area contributed by atoms with Gasteiger partial charge in [-0.15, -0.1) is 0 Å². The number of nitrogens with one attached hydrogen (secondary N) is 1. The van der Waals surface area contributed by atoms with Gasteiger partial charge >= 0.3 is 5.97 Å². The molecule has 0 radical (unpaired) electrons. The Labute approximate surface area is 218 Å². The number of hydrogen-bond acceptors (Lipinski definition) is 4. The molecule has 0 saturated heterocycles. The Morgan fingerprint density at radius 2 is 1.43 bits per heavy atom. The van der Waals surface area contributed by atoms with Gasteiger partial charge in [0.25, 0.3) is 0 Å². The monoisotopic (exact) mass is 489 g/mol. The minimum atomic E-state index is -0.646. The Balaban J connectivity index is 1.68. The van der Waals surface area contributed by atoms with Crippen molar-refractivity contribution in [1.29, 1.82) is 0 Å². The summed E-state index contributed by atoms with van der Waals surface area (Å²) in [6.07, 6.45) is 1.79. The van der Waals surface area contributed by atoms with Crippen molar-refractivity contribution in [2.45, 2.75) is 31.0 Å². The molecule has 4 aromatic carbocycles. The lowest BCUT2D eigenvalue weighted by Gasteiger charge is -2.39. The average Bonchev–Trinajstić information content (AvgIpc) is 3.23. The van der Waals surface area contributed by atoms with Gasteiger partial charge in [-0.05, 0) is 58.0 Å². The summed E-state index contributed by atoms with van der Waals surface area (Å²) in [4.78, 5) is 12.1. The zero-order valence-corrected chi connectivity index (χ0v) is 21.2. The van der Waals surface area contributed by atoms with Gasteiger partial charge in [0, 0.05) is 6.92 Å². The van der Waals surface area contributed by atoms with E-state index in [-0.39, 0.29) is 12.0 Å². The van der Waals surface area contributed by atoms with Gasteiger partial charge in [0.2, 0.25) is 0 Å². The van der Waals surface area contributed by atoms with Gasteiger partial charge in [-0.25, -0.2) is 0 Å². The SMILES string of the molecule is C=C[C@@H](OC(C)=O)[C@@H](Cc1ccc(OC)cc1)NC1(c2ccccc2)c2ccccc2-c2ccccc21. The fourth-order valence-corrected chi connectivity index (χ4v) is 5.50. The summed E-state index contributed by atoms with van der Waals surface area (Å²) in [7, 11) is 1.66. The van der Waals surface area contributed by atoms with Crippen LogP contribution >= 0.6 is 0 Å². The van der Waals surface area contributed by atoms with Gasteiger partial charge in [0.1, 0.15) is 11.9 Å². The molecule has 0 aliphatic heterocycles. The molecule has 0 bridgehead atoms. The summed E-state index contributed by atoms with van der Waals surface area (Å²) in [5, 5.41) is 4.01. The first-order chi connectivity index (χ1) is 18.1. The molecule has 0 spiro atoms. The average molecular weight is 490 g/mol. The van der Waals surface area contributed by atoms with Crippen LogP contribution in [0.4, 0.5) is 0 Å². The van der Waals surface area contributed by atoms with Crippen molar-refractivity contribution < 1.29 is 14.3 Å². The van der Waals surface area contributed by atoms with E-state index in [1.54, 1.807) is 13.2 Å². The van der Waals surface area contributed by atoms with Crippen LogP contribution in [0.1, 0.15) is 29.2 Å². The molecular formula is C33H31NO3. The number of esters is 1. The topological polar surface area (TPSA) is 47.6 Å². The molecule has 37 heavy (non-hydrogen) atoms. The van der Waals surface area contributed by atoms with E-state index >= 15 is 0 Å². The Bertz CT molecular complexity index is 1350.